The number of carbonyl (C=O) groups excluding carboxylic acids is 1. The molecule has 0 fully saturated rings. The van der Waals surface area contributed by atoms with E-state index in [1.807, 2.05) is 60.2 Å². The number of benzene rings is 5. The SMILES string of the molecule is CC=Cc1cncc[n+]1CC(=O)c1ccccc1.FC(F)(F)c1cc([B-](c2cc(C(F)(F)F)cc(C(F)(F)F)c2)(c2cc(C(F)(F)F)cc(C(F)(F)F)c2)c2cc(C(F)(F)F)cc(C(F)(F)F)c2)cc(C(F)(F)F)c1. The number of carbonyl (C=O) groups is 1. The van der Waals surface area contributed by atoms with Crippen LogP contribution in [0.4, 0.5) is 105 Å². The van der Waals surface area contributed by atoms with Crippen molar-refractivity contribution < 1.29 is 115 Å². The van der Waals surface area contributed by atoms with Crippen LogP contribution in [0.5, 0.6) is 0 Å². The van der Waals surface area contributed by atoms with E-state index in [1.54, 1.807) is 12.4 Å². The van der Waals surface area contributed by atoms with Crippen LogP contribution < -0.4 is 26.4 Å². The molecular weight excluding hydrogens is 1080 g/mol. The minimum absolute atomic E-state index is 0.0950. The first-order valence-corrected chi connectivity index (χ1v) is 20.5. The second kappa shape index (κ2) is 20.6. The summed E-state index contributed by atoms with van der Waals surface area (Å²) in [4.78, 5) is 16.2. The maximum absolute atomic E-state index is 14.2. The van der Waals surface area contributed by atoms with Crippen molar-refractivity contribution >= 4 is 39.9 Å². The Bertz CT molecular complexity index is 2610. The van der Waals surface area contributed by atoms with Gasteiger partial charge in [0, 0.05) is 11.6 Å². The van der Waals surface area contributed by atoms with Gasteiger partial charge in [-0.25, -0.2) is 0 Å². The number of ketones is 1. The molecule has 28 heteroatoms. The molecule has 6 aromatic rings. The van der Waals surface area contributed by atoms with Gasteiger partial charge in [-0.1, -0.05) is 84.9 Å². The number of nitrogens with zero attached hydrogens (tertiary/aromatic N) is 2. The summed E-state index contributed by atoms with van der Waals surface area (Å²) in [5, 5.41) is 0. The molecule has 0 atom stereocenters. The van der Waals surface area contributed by atoms with Crippen molar-refractivity contribution in [2.24, 2.45) is 0 Å². The van der Waals surface area contributed by atoms with Crippen LogP contribution in [-0.4, -0.2) is 16.9 Å². The van der Waals surface area contributed by atoms with Gasteiger partial charge in [0.25, 0.3) is 0 Å². The highest BCUT2D eigenvalue weighted by Gasteiger charge is 2.47. The van der Waals surface area contributed by atoms with Crippen LogP contribution in [0.1, 0.15) is 67.5 Å². The van der Waals surface area contributed by atoms with Crippen molar-refractivity contribution in [2.75, 3.05) is 0 Å². The Hall–Kier alpha value is -7.03. The third-order valence-corrected chi connectivity index (χ3v) is 11.1. The lowest BCUT2D eigenvalue weighted by Gasteiger charge is -2.46. The van der Waals surface area contributed by atoms with Gasteiger partial charge in [-0.2, -0.15) is 132 Å². The minimum Gasteiger partial charge on any atom is -0.287 e. The van der Waals surface area contributed by atoms with Crippen LogP contribution >= 0.6 is 0 Å². The van der Waals surface area contributed by atoms with Crippen molar-refractivity contribution in [3.05, 3.63) is 184 Å². The largest absolute Gasteiger partial charge is 0.416 e. The first kappa shape index (κ1) is 58.9. The summed E-state index contributed by atoms with van der Waals surface area (Å²) in [5.41, 5.74) is -28.6. The van der Waals surface area contributed by atoms with Crippen molar-refractivity contribution in [3.63, 3.8) is 0 Å². The Kier molecular flexibility index (Phi) is 16.2. The Balaban J connectivity index is 0.000000483. The normalized spacial score (nSPS) is 13.5. The van der Waals surface area contributed by atoms with E-state index < -0.39 is 195 Å². The van der Waals surface area contributed by atoms with E-state index in [0.29, 0.717) is 6.54 Å². The summed E-state index contributed by atoms with van der Waals surface area (Å²) in [6.45, 7) is 2.27. The number of rotatable bonds is 8. The molecule has 75 heavy (non-hydrogen) atoms. The molecule has 0 saturated heterocycles. The molecule has 0 unspecified atom stereocenters. The predicted octanol–water partition coefficient (Wildman–Crippen LogP) is 13.5. The minimum atomic E-state index is -6.13. The Morgan fingerprint density at radius 2 is 0.707 bits per heavy atom. The quantitative estimate of drug-likeness (QED) is 0.0659. The topological polar surface area (TPSA) is 33.8 Å². The molecule has 6 rings (SSSR count). The van der Waals surface area contributed by atoms with Crippen LogP contribution in [0.3, 0.4) is 0 Å². The number of allylic oxidation sites excluding steroid dienone is 1. The van der Waals surface area contributed by atoms with E-state index in [2.05, 4.69) is 4.98 Å². The molecule has 0 aliphatic rings. The van der Waals surface area contributed by atoms with Crippen molar-refractivity contribution in [2.45, 2.75) is 62.9 Å². The lowest BCUT2D eigenvalue weighted by molar-refractivity contribution is -0.685. The van der Waals surface area contributed by atoms with Crippen molar-refractivity contribution in [1.82, 2.24) is 4.98 Å². The zero-order chi connectivity index (χ0) is 56.7. The first-order valence-electron chi connectivity index (χ1n) is 20.5. The maximum Gasteiger partial charge on any atom is 0.416 e. The molecule has 3 nitrogen and oxygen atoms in total. The van der Waals surface area contributed by atoms with Crippen LogP contribution in [0.15, 0.2) is 128 Å². The molecule has 0 aliphatic carbocycles. The van der Waals surface area contributed by atoms with E-state index in [9.17, 15) is 110 Å². The fourth-order valence-corrected chi connectivity index (χ4v) is 7.79. The first-order chi connectivity index (χ1) is 34.1. The molecule has 5 aromatic carbocycles. The van der Waals surface area contributed by atoms with Gasteiger partial charge < -0.3 is 0 Å². The second-order valence-electron chi connectivity index (χ2n) is 16.1. The number of aromatic nitrogens is 2. The third-order valence-electron chi connectivity index (χ3n) is 11.1. The lowest BCUT2D eigenvalue weighted by atomic mass is 9.12. The highest BCUT2D eigenvalue weighted by Crippen LogP contribution is 2.41. The standard InChI is InChI=1S/C32H12BF24.C15H15N2O/c34-25(35,36)13-1-14(26(37,38)39)6-21(5-13)33(22-7-15(27(40,41)42)2-16(8-22)28(43,44)45,23-9-17(29(46,47)48)3-18(10-23)30(49,50)51)24-11-19(31(52,53)54)4-20(12-24)32(55,56)57;1-2-6-14-11-16-9-10-17(14)12-15(18)13-7-4-3-5-8-13/h1-12H;2-11H,12H2,1H3/q-1;+1. The lowest BCUT2D eigenvalue weighted by Crippen LogP contribution is -2.75. The molecule has 0 spiro atoms. The Labute approximate surface area is 405 Å². The fraction of sp³-hybridized carbons (Fsp3) is 0.213. The Morgan fingerprint density at radius 3 is 0.947 bits per heavy atom. The van der Waals surface area contributed by atoms with Crippen LogP contribution in [0.25, 0.3) is 6.08 Å². The van der Waals surface area contributed by atoms with Gasteiger partial charge >= 0.3 is 49.4 Å². The summed E-state index contributed by atoms with van der Waals surface area (Å²) in [5.74, 6) is 0.0950. The number of alkyl halides is 24. The average molecular weight is 1100 g/mol. The Morgan fingerprint density at radius 1 is 0.440 bits per heavy atom. The highest BCUT2D eigenvalue weighted by atomic mass is 19.4. The number of halogens is 24. The highest BCUT2D eigenvalue weighted by molar-refractivity contribution is 7.20. The van der Waals surface area contributed by atoms with E-state index >= 15 is 0 Å². The predicted molar refractivity (Wildman–Crippen MR) is 220 cm³/mol. The van der Waals surface area contributed by atoms with Gasteiger partial charge in [-0.3, -0.25) is 9.78 Å². The molecule has 0 N–H and O–H groups in total. The maximum atomic E-state index is 14.2. The molecule has 0 amide bonds. The fourth-order valence-electron chi connectivity index (χ4n) is 7.79. The van der Waals surface area contributed by atoms with E-state index in [1.165, 1.54) is 0 Å². The summed E-state index contributed by atoms with van der Waals surface area (Å²) in [7, 11) is 0. The van der Waals surface area contributed by atoms with Gasteiger partial charge in [-0.15, -0.1) is 0 Å². The van der Waals surface area contributed by atoms with E-state index in [4.69, 9.17) is 0 Å². The third kappa shape index (κ3) is 13.8. The molecular formula is C47H27BF24N2O. The zero-order valence-electron chi connectivity index (χ0n) is 36.9. The molecule has 1 aromatic heterocycles. The van der Waals surface area contributed by atoms with Gasteiger partial charge in [-0.05, 0) is 31.2 Å². The van der Waals surface area contributed by atoms with E-state index in [0.717, 1.165) is 11.3 Å². The second-order valence-corrected chi connectivity index (χ2v) is 16.1. The smallest absolute Gasteiger partial charge is 0.287 e. The van der Waals surface area contributed by atoms with E-state index in [-0.39, 0.29) is 5.78 Å². The number of hydrogen-bond acceptors (Lipinski definition) is 2. The monoisotopic (exact) mass is 1100 g/mol. The molecule has 0 radical (unpaired) electrons. The van der Waals surface area contributed by atoms with Crippen molar-refractivity contribution in [3.8, 4) is 0 Å². The number of hydrogen-bond donors (Lipinski definition) is 0. The van der Waals surface area contributed by atoms with Crippen LogP contribution in [0.2, 0.25) is 0 Å². The van der Waals surface area contributed by atoms with Gasteiger partial charge in [0.05, 0.1) is 56.9 Å². The molecule has 0 bridgehead atoms. The summed E-state index contributed by atoms with van der Waals surface area (Å²) in [6, 6.07) is 0.504. The molecule has 1 heterocycles. The zero-order valence-corrected chi connectivity index (χ0v) is 36.9. The van der Waals surface area contributed by atoms with Crippen molar-refractivity contribution in [1.29, 1.82) is 0 Å². The summed E-state index contributed by atoms with van der Waals surface area (Å²) >= 11 is 0. The molecule has 402 valence electrons. The van der Waals surface area contributed by atoms with Gasteiger partial charge in [0.15, 0.2) is 6.20 Å². The van der Waals surface area contributed by atoms with Crippen LogP contribution in [-0.2, 0) is 56.0 Å². The molecule has 0 aliphatic heterocycles. The van der Waals surface area contributed by atoms with Gasteiger partial charge in [0.2, 0.25) is 18.0 Å². The number of Topliss-reactive ketones (excluding diaryl/α,β-unsaturated/α-hetero) is 1. The molecule has 0 saturated carbocycles. The summed E-state index contributed by atoms with van der Waals surface area (Å²) < 4.78 is 343. The average Bonchev–Trinajstić information content (AvgIpc) is 3.28. The summed E-state index contributed by atoms with van der Waals surface area (Å²) in [6.07, 6.45) is -45.7. The van der Waals surface area contributed by atoms with Crippen LogP contribution in [0, 0.1) is 0 Å². The van der Waals surface area contributed by atoms with Gasteiger partial charge in [0.1, 0.15) is 6.15 Å².